The molecular formula is C19H23F3N6O2. The Morgan fingerprint density at radius 2 is 1.87 bits per heavy atom. The molecule has 2 heterocycles. The van der Waals surface area contributed by atoms with Crippen molar-refractivity contribution in [1.82, 2.24) is 14.9 Å². The zero-order valence-electron chi connectivity index (χ0n) is 16.4. The molecule has 1 aromatic carbocycles. The molecule has 3 rings (SSSR count). The average molecular weight is 424 g/mol. The Labute approximate surface area is 171 Å². The first-order valence-electron chi connectivity index (χ1n) is 9.30. The lowest BCUT2D eigenvalue weighted by Gasteiger charge is -2.35. The van der Waals surface area contributed by atoms with Gasteiger partial charge in [-0.05, 0) is 18.2 Å². The van der Waals surface area contributed by atoms with Gasteiger partial charge in [-0.1, -0.05) is 0 Å². The first-order valence-corrected chi connectivity index (χ1v) is 9.30. The molecule has 1 fully saturated rings. The second-order valence-electron chi connectivity index (χ2n) is 6.87. The molecule has 2 aromatic rings. The molecule has 4 N–H and O–H groups in total. The number of methoxy groups -OCH3 is 1. The Hall–Kier alpha value is -2.92. The number of carbonyl (C=O) groups excluding carboxylic acids is 1. The molecule has 1 aliphatic heterocycles. The lowest BCUT2D eigenvalue weighted by Crippen LogP contribution is -2.49. The fourth-order valence-electron chi connectivity index (χ4n) is 3.33. The summed E-state index contributed by atoms with van der Waals surface area (Å²) in [5.74, 6) is 0.248. The predicted molar refractivity (Wildman–Crippen MR) is 105 cm³/mol. The van der Waals surface area contributed by atoms with E-state index in [4.69, 9.17) is 16.2 Å². The zero-order valence-corrected chi connectivity index (χ0v) is 16.4. The number of hydrogen-bond acceptors (Lipinski definition) is 7. The van der Waals surface area contributed by atoms with Gasteiger partial charge in [0.25, 0.3) is 0 Å². The van der Waals surface area contributed by atoms with Crippen molar-refractivity contribution in [3.05, 3.63) is 35.7 Å². The van der Waals surface area contributed by atoms with Gasteiger partial charge in [-0.2, -0.15) is 13.2 Å². The molecule has 0 bridgehead atoms. The zero-order chi connectivity index (χ0) is 21.9. The molecule has 8 nitrogen and oxygen atoms in total. The van der Waals surface area contributed by atoms with Crippen LogP contribution in [-0.2, 0) is 17.5 Å². The third-order valence-electron chi connectivity index (χ3n) is 4.82. The van der Waals surface area contributed by atoms with E-state index in [1.54, 1.807) is 6.07 Å². The number of nitrogens with zero attached hydrogens (tertiary/aromatic N) is 4. The van der Waals surface area contributed by atoms with Crippen LogP contribution in [0.25, 0.3) is 11.3 Å². The van der Waals surface area contributed by atoms with Crippen LogP contribution in [0.2, 0.25) is 0 Å². The molecule has 11 heteroatoms. The van der Waals surface area contributed by atoms with Crippen LogP contribution in [-0.4, -0.2) is 60.6 Å². The third kappa shape index (κ3) is 4.97. The quantitative estimate of drug-likeness (QED) is 0.718. The second kappa shape index (κ2) is 8.84. The molecule has 0 saturated carbocycles. The van der Waals surface area contributed by atoms with Gasteiger partial charge in [0.05, 0.1) is 31.5 Å². The minimum absolute atomic E-state index is 0.0464. The second-order valence-corrected chi connectivity index (χ2v) is 6.87. The van der Waals surface area contributed by atoms with Crippen molar-refractivity contribution in [3.63, 3.8) is 0 Å². The van der Waals surface area contributed by atoms with Gasteiger partial charge in [-0.25, -0.2) is 9.97 Å². The Kier molecular flexibility index (Phi) is 6.42. The number of hydrogen-bond donors (Lipinski definition) is 2. The standard InChI is InChI=1S/C19H23F3N6O2/c1-30-15-3-2-12(8-13(15)19(20,21)22)14-9-18(26-17(10-23)25-14)28-6-4-27(5-7-28)11-16(24)29/h2-3,8-9H,4-7,10-11,23H2,1H3,(H2,24,29). The lowest BCUT2D eigenvalue weighted by molar-refractivity contribution is -0.138. The van der Waals surface area contributed by atoms with Gasteiger partial charge in [0.1, 0.15) is 17.4 Å². The highest BCUT2D eigenvalue weighted by atomic mass is 19.4. The van der Waals surface area contributed by atoms with Crippen LogP contribution in [0.5, 0.6) is 5.75 Å². The van der Waals surface area contributed by atoms with Crippen molar-refractivity contribution in [2.45, 2.75) is 12.7 Å². The van der Waals surface area contributed by atoms with Gasteiger partial charge in [0.15, 0.2) is 0 Å². The number of ether oxygens (including phenoxy) is 1. The van der Waals surface area contributed by atoms with Crippen LogP contribution >= 0.6 is 0 Å². The smallest absolute Gasteiger partial charge is 0.419 e. The van der Waals surface area contributed by atoms with Gasteiger partial charge in [0.2, 0.25) is 5.91 Å². The number of anilines is 1. The number of primary amides is 1. The van der Waals surface area contributed by atoms with Crippen LogP contribution in [0.1, 0.15) is 11.4 Å². The van der Waals surface area contributed by atoms with Crippen LogP contribution in [0.3, 0.4) is 0 Å². The van der Waals surface area contributed by atoms with Crippen molar-refractivity contribution in [2.24, 2.45) is 11.5 Å². The van der Waals surface area contributed by atoms with Crippen molar-refractivity contribution in [2.75, 3.05) is 44.7 Å². The lowest BCUT2D eigenvalue weighted by atomic mass is 10.1. The molecule has 1 amide bonds. The Balaban J connectivity index is 1.92. The van der Waals surface area contributed by atoms with Crippen molar-refractivity contribution < 1.29 is 22.7 Å². The molecular weight excluding hydrogens is 401 g/mol. The minimum Gasteiger partial charge on any atom is -0.496 e. The number of halogens is 3. The molecule has 162 valence electrons. The van der Waals surface area contributed by atoms with E-state index >= 15 is 0 Å². The van der Waals surface area contributed by atoms with Gasteiger partial charge in [-0.3, -0.25) is 9.69 Å². The summed E-state index contributed by atoms with van der Waals surface area (Å²) in [5.41, 5.74) is 10.7. The third-order valence-corrected chi connectivity index (χ3v) is 4.82. The summed E-state index contributed by atoms with van der Waals surface area (Å²) in [6.07, 6.45) is -4.56. The van der Waals surface area contributed by atoms with E-state index in [1.807, 2.05) is 9.80 Å². The predicted octanol–water partition coefficient (Wildman–Crippen LogP) is 1.24. The van der Waals surface area contributed by atoms with E-state index in [-0.39, 0.29) is 24.4 Å². The minimum atomic E-state index is -4.56. The molecule has 0 spiro atoms. The molecule has 1 aliphatic rings. The molecule has 30 heavy (non-hydrogen) atoms. The number of rotatable bonds is 6. The SMILES string of the molecule is COc1ccc(-c2cc(N3CCN(CC(N)=O)CC3)nc(CN)n2)cc1C(F)(F)F. The number of benzene rings is 1. The fraction of sp³-hybridized carbons (Fsp3) is 0.421. The normalized spacial score (nSPS) is 15.3. The summed E-state index contributed by atoms with van der Waals surface area (Å²) in [6, 6.07) is 5.44. The fourth-order valence-corrected chi connectivity index (χ4v) is 3.33. The van der Waals surface area contributed by atoms with Gasteiger partial charge in [-0.15, -0.1) is 0 Å². The molecule has 0 unspecified atom stereocenters. The number of piperazine rings is 1. The summed E-state index contributed by atoms with van der Waals surface area (Å²) in [5, 5.41) is 0. The maximum Gasteiger partial charge on any atom is 0.419 e. The van der Waals surface area contributed by atoms with Gasteiger partial charge >= 0.3 is 6.18 Å². The van der Waals surface area contributed by atoms with Crippen LogP contribution in [0.15, 0.2) is 24.3 Å². The summed E-state index contributed by atoms with van der Waals surface area (Å²) in [4.78, 5) is 23.7. The maximum absolute atomic E-state index is 13.4. The monoisotopic (exact) mass is 424 g/mol. The average Bonchev–Trinajstić information content (AvgIpc) is 2.72. The Morgan fingerprint density at radius 1 is 1.17 bits per heavy atom. The Bertz CT molecular complexity index is 914. The summed E-state index contributed by atoms with van der Waals surface area (Å²) < 4.78 is 45.0. The first-order chi connectivity index (χ1) is 14.2. The van der Waals surface area contributed by atoms with E-state index in [9.17, 15) is 18.0 Å². The molecule has 0 atom stereocenters. The van der Waals surface area contributed by atoms with E-state index < -0.39 is 17.6 Å². The highest BCUT2D eigenvalue weighted by Crippen LogP contribution is 2.38. The summed E-state index contributed by atoms with van der Waals surface area (Å²) in [7, 11) is 1.19. The number of carbonyl (C=O) groups is 1. The Morgan fingerprint density at radius 3 is 2.43 bits per heavy atom. The van der Waals surface area contributed by atoms with Gasteiger partial charge in [0, 0.05) is 37.8 Å². The highest BCUT2D eigenvalue weighted by Gasteiger charge is 2.34. The molecule has 1 aromatic heterocycles. The van der Waals surface area contributed by atoms with Crippen molar-refractivity contribution in [3.8, 4) is 17.0 Å². The van der Waals surface area contributed by atoms with Crippen LogP contribution < -0.4 is 21.1 Å². The van der Waals surface area contributed by atoms with Crippen LogP contribution in [0.4, 0.5) is 19.0 Å². The number of nitrogens with two attached hydrogens (primary N) is 2. The van der Waals surface area contributed by atoms with Crippen molar-refractivity contribution in [1.29, 1.82) is 0 Å². The highest BCUT2D eigenvalue weighted by molar-refractivity contribution is 5.76. The molecule has 0 radical (unpaired) electrons. The summed E-state index contributed by atoms with van der Waals surface area (Å²) in [6.45, 7) is 2.63. The number of alkyl halides is 3. The van der Waals surface area contributed by atoms with Crippen molar-refractivity contribution >= 4 is 11.7 Å². The van der Waals surface area contributed by atoms with Crippen LogP contribution in [0, 0.1) is 0 Å². The first kappa shape index (κ1) is 21.8. The van der Waals surface area contributed by atoms with E-state index in [1.165, 1.54) is 19.2 Å². The largest absolute Gasteiger partial charge is 0.496 e. The molecule has 1 saturated heterocycles. The number of amides is 1. The topological polar surface area (TPSA) is 111 Å². The van der Waals surface area contributed by atoms with Gasteiger partial charge < -0.3 is 21.1 Å². The van der Waals surface area contributed by atoms with E-state index in [2.05, 4.69) is 9.97 Å². The summed E-state index contributed by atoms with van der Waals surface area (Å²) >= 11 is 0. The number of aromatic nitrogens is 2. The molecule has 0 aliphatic carbocycles. The maximum atomic E-state index is 13.4. The van der Waals surface area contributed by atoms with E-state index in [0.717, 1.165) is 6.07 Å². The van der Waals surface area contributed by atoms with E-state index in [0.29, 0.717) is 43.5 Å².